The van der Waals surface area contributed by atoms with Crippen molar-refractivity contribution in [2.45, 2.75) is 26.8 Å². The topological polar surface area (TPSA) is 38.9 Å². The molecule has 2 nitrogen and oxygen atoms in total. The Morgan fingerprint density at radius 1 is 1.13 bits per heavy atom. The first-order valence-corrected chi connectivity index (χ1v) is 5.21. The van der Waals surface area contributed by atoms with E-state index in [1.54, 1.807) is 0 Å². The molecule has 0 aliphatic rings. The largest absolute Gasteiger partial charge is 0.324 e. The van der Waals surface area contributed by atoms with Crippen molar-refractivity contribution in [3.05, 3.63) is 41.2 Å². The average molecular weight is 200 g/mol. The van der Waals surface area contributed by atoms with Gasteiger partial charge in [-0.2, -0.15) is 0 Å². The van der Waals surface area contributed by atoms with Crippen LogP contribution in [0.15, 0.2) is 24.4 Å². The molecule has 0 saturated carbocycles. The molecule has 0 spiro atoms. The van der Waals surface area contributed by atoms with Gasteiger partial charge >= 0.3 is 0 Å². The van der Waals surface area contributed by atoms with Crippen molar-refractivity contribution < 1.29 is 0 Å². The molecule has 2 rings (SSSR count). The van der Waals surface area contributed by atoms with Crippen LogP contribution in [0.1, 0.15) is 29.8 Å². The molecule has 2 heteroatoms. The van der Waals surface area contributed by atoms with Crippen molar-refractivity contribution in [2.75, 3.05) is 0 Å². The van der Waals surface area contributed by atoms with Crippen LogP contribution >= 0.6 is 0 Å². The molecule has 78 valence electrons. The number of aromatic nitrogens is 1. The Bertz CT molecular complexity index is 501. The second-order valence-corrected chi connectivity index (χ2v) is 4.08. The van der Waals surface area contributed by atoms with Crippen molar-refractivity contribution in [3.63, 3.8) is 0 Å². The number of pyridine rings is 1. The summed E-state index contributed by atoms with van der Waals surface area (Å²) in [6, 6.07) is 6.36. The number of hydrogen-bond acceptors (Lipinski definition) is 2. The minimum absolute atomic E-state index is 0.0653. The summed E-state index contributed by atoms with van der Waals surface area (Å²) in [6.07, 6.45) is 1.85. The quantitative estimate of drug-likeness (QED) is 0.768. The first-order chi connectivity index (χ1) is 7.11. The van der Waals surface area contributed by atoms with E-state index in [1.807, 2.05) is 26.1 Å². The standard InChI is InChI=1S/C13H16N2/c1-8-4-5-11-10(3)15-7-6-12(11)13(8)9(2)14/h4-7,9H,14H2,1-3H3. The van der Waals surface area contributed by atoms with Gasteiger partial charge in [0.1, 0.15) is 0 Å². The van der Waals surface area contributed by atoms with Gasteiger partial charge in [-0.1, -0.05) is 12.1 Å². The Labute approximate surface area is 90.1 Å². The molecule has 0 bridgehead atoms. The van der Waals surface area contributed by atoms with Crippen LogP contribution in [0.25, 0.3) is 10.8 Å². The van der Waals surface area contributed by atoms with Crippen molar-refractivity contribution in [1.82, 2.24) is 4.98 Å². The fourth-order valence-electron chi connectivity index (χ4n) is 2.14. The van der Waals surface area contributed by atoms with Crippen LogP contribution in [0, 0.1) is 13.8 Å². The molecule has 0 aliphatic carbocycles. The molecule has 0 fully saturated rings. The lowest BCUT2D eigenvalue weighted by Crippen LogP contribution is -2.08. The van der Waals surface area contributed by atoms with Crippen molar-refractivity contribution in [3.8, 4) is 0 Å². The van der Waals surface area contributed by atoms with E-state index >= 15 is 0 Å². The van der Waals surface area contributed by atoms with Gasteiger partial charge in [0, 0.05) is 23.3 Å². The summed E-state index contributed by atoms with van der Waals surface area (Å²) < 4.78 is 0. The minimum Gasteiger partial charge on any atom is -0.324 e. The number of rotatable bonds is 1. The second kappa shape index (κ2) is 3.63. The first-order valence-electron chi connectivity index (χ1n) is 5.21. The van der Waals surface area contributed by atoms with Crippen LogP contribution < -0.4 is 5.73 Å². The number of fused-ring (bicyclic) bond motifs is 1. The van der Waals surface area contributed by atoms with Crippen LogP contribution in [-0.4, -0.2) is 4.98 Å². The maximum absolute atomic E-state index is 6.01. The summed E-state index contributed by atoms with van der Waals surface area (Å²) in [7, 11) is 0. The fraction of sp³-hybridized carbons (Fsp3) is 0.308. The highest BCUT2D eigenvalue weighted by Gasteiger charge is 2.09. The molecule has 1 atom stereocenters. The number of hydrogen-bond donors (Lipinski definition) is 1. The van der Waals surface area contributed by atoms with Gasteiger partial charge in [-0.25, -0.2) is 0 Å². The van der Waals surface area contributed by atoms with E-state index in [1.165, 1.54) is 21.9 Å². The number of aryl methyl sites for hydroxylation is 2. The summed E-state index contributed by atoms with van der Waals surface area (Å²) in [5.41, 5.74) is 9.56. The Balaban J connectivity index is 2.88. The third-order valence-electron chi connectivity index (χ3n) is 2.86. The van der Waals surface area contributed by atoms with E-state index in [9.17, 15) is 0 Å². The summed E-state index contributed by atoms with van der Waals surface area (Å²) >= 11 is 0. The van der Waals surface area contributed by atoms with Gasteiger partial charge in [-0.15, -0.1) is 0 Å². The molecule has 0 saturated heterocycles. The van der Waals surface area contributed by atoms with Crippen LogP contribution in [0.2, 0.25) is 0 Å². The lowest BCUT2D eigenvalue weighted by Gasteiger charge is -2.14. The number of nitrogens with zero attached hydrogens (tertiary/aromatic N) is 1. The molecule has 2 aromatic rings. The Morgan fingerprint density at radius 2 is 1.87 bits per heavy atom. The van der Waals surface area contributed by atoms with Gasteiger partial charge in [-0.3, -0.25) is 4.98 Å². The zero-order valence-corrected chi connectivity index (χ0v) is 9.41. The highest BCUT2D eigenvalue weighted by molar-refractivity contribution is 5.88. The van der Waals surface area contributed by atoms with Gasteiger partial charge in [0.2, 0.25) is 0 Å². The van der Waals surface area contributed by atoms with Gasteiger partial charge in [0.25, 0.3) is 0 Å². The highest BCUT2D eigenvalue weighted by Crippen LogP contribution is 2.27. The molecule has 0 aliphatic heterocycles. The maximum atomic E-state index is 6.01. The van der Waals surface area contributed by atoms with Gasteiger partial charge < -0.3 is 5.73 Å². The summed E-state index contributed by atoms with van der Waals surface area (Å²) in [5.74, 6) is 0. The van der Waals surface area contributed by atoms with E-state index in [-0.39, 0.29) is 6.04 Å². The number of nitrogens with two attached hydrogens (primary N) is 1. The Kier molecular flexibility index (Phi) is 2.45. The molecule has 1 aromatic carbocycles. The van der Waals surface area contributed by atoms with Gasteiger partial charge in [0.15, 0.2) is 0 Å². The fourth-order valence-corrected chi connectivity index (χ4v) is 2.14. The smallest absolute Gasteiger partial charge is 0.0451 e. The van der Waals surface area contributed by atoms with E-state index in [0.717, 1.165) is 5.69 Å². The molecule has 0 radical (unpaired) electrons. The average Bonchev–Trinajstić information content (AvgIpc) is 2.17. The van der Waals surface area contributed by atoms with Gasteiger partial charge in [0.05, 0.1) is 0 Å². The normalized spacial score (nSPS) is 13.1. The molecule has 1 unspecified atom stereocenters. The van der Waals surface area contributed by atoms with Crippen molar-refractivity contribution in [2.24, 2.45) is 5.73 Å². The Hall–Kier alpha value is -1.41. The number of benzene rings is 1. The molecule has 1 aromatic heterocycles. The van der Waals surface area contributed by atoms with Crippen LogP contribution in [0.5, 0.6) is 0 Å². The predicted octanol–water partition coefficient (Wildman–Crippen LogP) is 2.87. The summed E-state index contributed by atoms with van der Waals surface area (Å²) in [6.45, 7) is 6.16. The summed E-state index contributed by atoms with van der Waals surface area (Å²) in [4.78, 5) is 4.30. The third-order valence-corrected chi connectivity index (χ3v) is 2.86. The molecule has 2 N–H and O–H groups in total. The molecule has 15 heavy (non-hydrogen) atoms. The van der Waals surface area contributed by atoms with E-state index in [2.05, 4.69) is 24.0 Å². The highest BCUT2D eigenvalue weighted by atomic mass is 14.7. The monoisotopic (exact) mass is 200 g/mol. The Morgan fingerprint density at radius 3 is 2.53 bits per heavy atom. The van der Waals surface area contributed by atoms with Crippen LogP contribution in [-0.2, 0) is 0 Å². The van der Waals surface area contributed by atoms with E-state index in [4.69, 9.17) is 5.73 Å². The molecule has 0 amide bonds. The maximum Gasteiger partial charge on any atom is 0.0451 e. The lowest BCUT2D eigenvalue weighted by molar-refractivity contribution is 0.818. The van der Waals surface area contributed by atoms with Crippen molar-refractivity contribution in [1.29, 1.82) is 0 Å². The SMILES string of the molecule is Cc1ccc2c(C)nccc2c1C(C)N. The summed E-state index contributed by atoms with van der Waals surface area (Å²) in [5, 5.41) is 2.44. The molecular formula is C13H16N2. The lowest BCUT2D eigenvalue weighted by atomic mass is 9.95. The zero-order valence-electron chi connectivity index (χ0n) is 9.41. The second-order valence-electron chi connectivity index (χ2n) is 4.08. The van der Waals surface area contributed by atoms with Crippen molar-refractivity contribution >= 4 is 10.8 Å². The van der Waals surface area contributed by atoms with Crippen LogP contribution in [0.3, 0.4) is 0 Å². The molecule has 1 heterocycles. The first kappa shape index (κ1) is 10.1. The van der Waals surface area contributed by atoms with Crippen LogP contribution in [0.4, 0.5) is 0 Å². The third kappa shape index (κ3) is 1.61. The van der Waals surface area contributed by atoms with E-state index < -0.39 is 0 Å². The zero-order chi connectivity index (χ0) is 11.0. The van der Waals surface area contributed by atoms with Gasteiger partial charge in [-0.05, 0) is 43.4 Å². The minimum atomic E-state index is 0.0653. The molecular weight excluding hydrogens is 184 g/mol. The predicted molar refractivity (Wildman–Crippen MR) is 63.8 cm³/mol. The van der Waals surface area contributed by atoms with E-state index in [0.29, 0.717) is 0 Å².